The van der Waals surface area contributed by atoms with E-state index in [0.717, 1.165) is 37.4 Å². The van der Waals surface area contributed by atoms with Crippen molar-refractivity contribution in [3.63, 3.8) is 0 Å². The maximum atomic E-state index is 13.0. The first-order valence-corrected chi connectivity index (χ1v) is 9.48. The third-order valence-corrected chi connectivity index (χ3v) is 4.93. The van der Waals surface area contributed by atoms with Crippen LogP contribution >= 0.6 is 0 Å². The van der Waals surface area contributed by atoms with Crippen LogP contribution < -0.4 is 15.9 Å². The Morgan fingerprint density at radius 3 is 2.19 bits per heavy atom. The van der Waals surface area contributed by atoms with E-state index in [1.807, 2.05) is 56.3 Å². The topological polar surface area (TPSA) is 55.1 Å². The van der Waals surface area contributed by atoms with Crippen molar-refractivity contribution in [2.24, 2.45) is 0 Å². The third kappa shape index (κ3) is 3.40. The molecule has 2 aromatic carbocycles. The molecule has 0 unspecified atom stereocenters. The van der Waals surface area contributed by atoms with Gasteiger partial charge in [0.05, 0.1) is 5.69 Å². The Bertz CT molecular complexity index is 950. The highest BCUT2D eigenvalue weighted by atomic mass is 16.2. The molecule has 0 aliphatic carbocycles. The molecule has 1 aliphatic rings. The van der Waals surface area contributed by atoms with Crippen molar-refractivity contribution in [2.45, 2.75) is 19.9 Å². The second-order valence-corrected chi connectivity index (χ2v) is 7.10. The van der Waals surface area contributed by atoms with Crippen LogP contribution in [0.2, 0.25) is 0 Å². The van der Waals surface area contributed by atoms with Gasteiger partial charge in [-0.1, -0.05) is 30.3 Å². The molecule has 1 aliphatic heterocycles. The fourth-order valence-electron chi connectivity index (χ4n) is 3.52. The first kappa shape index (κ1) is 17.5. The van der Waals surface area contributed by atoms with E-state index in [9.17, 15) is 4.79 Å². The molecule has 0 saturated carbocycles. The molecular weight excluding hydrogens is 338 g/mol. The van der Waals surface area contributed by atoms with Gasteiger partial charge in [0.2, 0.25) is 0 Å². The van der Waals surface area contributed by atoms with E-state index in [2.05, 4.69) is 27.4 Å². The molecule has 27 heavy (non-hydrogen) atoms. The molecule has 3 aromatic rings. The molecule has 2 heterocycles. The van der Waals surface area contributed by atoms with Crippen LogP contribution in [0.1, 0.15) is 19.9 Å². The molecule has 0 amide bonds. The molecule has 0 bridgehead atoms. The Balaban J connectivity index is 1.72. The van der Waals surface area contributed by atoms with Crippen LogP contribution in [0.3, 0.4) is 0 Å². The molecule has 6 heteroatoms. The number of anilines is 1. The number of rotatable bonds is 4. The molecule has 4 rings (SSSR count). The van der Waals surface area contributed by atoms with Gasteiger partial charge < -0.3 is 10.2 Å². The molecule has 0 atom stereocenters. The summed E-state index contributed by atoms with van der Waals surface area (Å²) in [5.41, 5.74) is 2.80. The molecule has 1 saturated heterocycles. The standard InChI is InChI=1S/C21H25N5O/c1-16(2)25-20(17-6-4-3-5-7-17)23-26(21(25)27)19-10-8-18(9-11-19)24-14-12-22-13-15-24/h3-11,16,22H,12-15H2,1-2H3. The van der Waals surface area contributed by atoms with Gasteiger partial charge in [0.1, 0.15) is 0 Å². The lowest BCUT2D eigenvalue weighted by Gasteiger charge is -2.29. The van der Waals surface area contributed by atoms with Gasteiger partial charge in [0, 0.05) is 43.5 Å². The Morgan fingerprint density at radius 1 is 0.926 bits per heavy atom. The number of nitrogens with one attached hydrogen (secondary N) is 1. The van der Waals surface area contributed by atoms with Gasteiger partial charge in [-0.25, -0.2) is 4.79 Å². The zero-order chi connectivity index (χ0) is 18.8. The van der Waals surface area contributed by atoms with Gasteiger partial charge in [-0.05, 0) is 38.1 Å². The van der Waals surface area contributed by atoms with Gasteiger partial charge in [0.25, 0.3) is 0 Å². The fraction of sp³-hybridized carbons (Fsp3) is 0.333. The minimum absolute atomic E-state index is 0.0292. The molecule has 6 nitrogen and oxygen atoms in total. The van der Waals surface area contributed by atoms with E-state index in [0.29, 0.717) is 5.82 Å². The molecule has 0 radical (unpaired) electrons. The van der Waals surface area contributed by atoms with Gasteiger partial charge in [-0.3, -0.25) is 4.57 Å². The Hall–Kier alpha value is -2.86. The molecule has 1 N–H and O–H groups in total. The summed E-state index contributed by atoms with van der Waals surface area (Å²) < 4.78 is 3.25. The van der Waals surface area contributed by atoms with Crippen molar-refractivity contribution < 1.29 is 0 Å². The van der Waals surface area contributed by atoms with Crippen molar-refractivity contribution in [2.75, 3.05) is 31.1 Å². The third-order valence-electron chi connectivity index (χ3n) is 4.93. The number of hydrogen-bond donors (Lipinski definition) is 1. The minimum atomic E-state index is -0.112. The highest BCUT2D eigenvalue weighted by Gasteiger charge is 2.18. The zero-order valence-electron chi connectivity index (χ0n) is 15.8. The van der Waals surface area contributed by atoms with E-state index in [1.54, 1.807) is 4.57 Å². The number of aromatic nitrogens is 3. The van der Waals surface area contributed by atoms with Crippen molar-refractivity contribution in [1.29, 1.82) is 0 Å². The van der Waals surface area contributed by atoms with Gasteiger partial charge in [0.15, 0.2) is 5.82 Å². The van der Waals surface area contributed by atoms with Crippen LogP contribution in [0.15, 0.2) is 59.4 Å². The lowest BCUT2D eigenvalue weighted by molar-refractivity contribution is 0.579. The van der Waals surface area contributed by atoms with Crippen LogP contribution in [0.5, 0.6) is 0 Å². The highest BCUT2D eigenvalue weighted by Crippen LogP contribution is 2.21. The van der Waals surface area contributed by atoms with Crippen LogP contribution in [-0.4, -0.2) is 40.5 Å². The number of benzene rings is 2. The number of piperazine rings is 1. The molecule has 1 aromatic heterocycles. The van der Waals surface area contributed by atoms with Crippen molar-refractivity contribution >= 4 is 5.69 Å². The Kier molecular flexibility index (Phi) is 4.81. The van der Waals surface area contributed by atoms with E-state index >= 15 is 0 Å². The lowest BCUT2D eigenvalue weighted by atomic mass is 10.2. The summed E-state index contributed by atoms with van der Waals surface area (Å²) in [6, 6.07) is 18.0. The summed E-state index contributed by atoms with van der Waals surface area (Å²) in [6.07, 6.45) is 0. The van der Waals surface area contributed by atoms with Crippen molar-refractivity contribution in [1.82, 2.24) is 19.7 Å². The summed E-state index contributed by atoms with van der Waals surface area (Å²) in [6.45, 7) is 8.01. The second kappa shape index (κ2) is 7.40. The molecular formula is C21H25N5O. The Labute approximate surface area is 159 Å². The quantitative estimate of drug-likeness (QED) is 0.774. The Morgan fingerprint density at radius 2 is 1.56 bits per heavy atom. The summed E-state index contributed by atoms with van der Waals surface area (Å²) >= 11 is 0. The molecule has 1 fully saturated rings. The fourth-order valence-corrected chi connectivity index (χ4v) is 3.52. The van der Waals surface area contributed by atoms with E-state index in [-0.39, 0.29) is 11.7 Å². The molecule has 140 valence electrons. The second-order valence-electron chi connectivity index (χ2n) is 7.10. The van der Waals surface area contributed by atoms with E-state index in [4.69, 9.17) is 0 Å². The zero-order valence-corrected chi connectivity index (χ0v) is 15.8. The minimum Gasteiger partial charge on any atom is -0.369 e. The number of nitrogens with zero attached hydrogens (tertiary/aromatic N) is 4. The SMILES string of the molecule is CC(C)n1c(-c2ccccc2)nn(-c2ccc(N3CCNCC3)cc2)c1=O. The summed E-state index contributed by atoms with van der Waals surface area (Å²) in [4.78, 5) is 15.4. The maximum absolute atomic E-state index is 13.0. The van der Waals surface area contributed by atoms with Crippen molar-refractivity contribution in [3.05, 3.63) is 65.1 Å². The van der Waals surface area contributed by atoms with Crippen LogP contribution in [0, 0.1) is 0 Å². The summed E-state index contributed by atoms with van der Waals surface area (Å²) in [5, 5.41) is 8.02. The first-order chi connectivity index (χ1) is 13.1. The first-order valence-electron chi connectivity index (χ1n) is 9.48. The van der Waals surface area contributed by atoms with Crippen LogP contribution in [0.25, 0.3) is 17.1 Å². The lowest BCUT2D eigenvalue weighted by Crippen LogP contribution is -2.43. The van der Waals surface area contributed by atoms with Gasteiger partial charge in [-0.2, -0.15) is 4.68 Å². The van der Waals surface area contributed by atoms with Crippen molar-refractivity contribution in [3.8, 4) is 17.1 Å². The van der Waals surface area contributed by atoms with Crippen LogP contribution in [-0.2, 0) is 0 Å². The highest BCUT2D eigenvalue weighted by molar-refractivity contribution is 5.56. The monoisotopic (exact) mass is 363 g/mol. The molecule has 0 spiro atoms. The van der Waals surface area contributed by atoms with Crippen LogP contribution in [0.4, 0.5) is 5.69 Å². The van der Waals surface area contributed by atoms with Gasteiger partial charge >= 0.3 is 5.69 Å². The maximum Gasteiger partial charge on any atom is 0.351 e. The smallest absolute Gasteiger partial charge is 0.351 e. The summed E-state index contributed by atoms with van der Waals surface area (Å²) in [5.74, 6) is 0.696. The predicted octanol–water partition coefficient (Wildman–Crippen LogP) is 2.69. The largest absolute Gasteiger partial charge is 0.369 e. The average Bonchev–Trinajstić information content (AvgIpc) is 3.07. The number of hydrogen-bond acceptors (Lipinski definition) is 4. The van der Waals surface area contributed by atoms with E-state index in [1.165, 1.54) is 10.4 Å². The van der Waals surface area contributed by atoms with E-state index < -0.39 is 0 Å². The predicted molar refractivity (Wildman–Crippen MR) is 109 cm³/mol. The normalized spacial score (nSPS) is 14.7. The van der Waals surface area contributed by atoms with Gasteiger partial charge in [-0.15, -0.1) is 5.10 Å². The average molecular weight is 363 g/mol. The summed E-state index contributed by atoms with van der Waals surface area (Å²) in [7, 11) is 0.